The molecule has 1 N–H and O–H groups in total. The third-order valence-electron chi connectivity index (χ3n) is 2.72. The second-order valence-electron chi connectivity index (χ2n) is 4.41. The Morgan fingerprint density at radius 1 is 1.25 bits per heavy atom. The Bertz CT molecular complexity index is 559. The molecule has 0 atom stereocenters. The highest BCUT2D eigenvalue weighted by Gasteiger charge is 2.04. The van der Waals surface area contributed by atoms with E-state index in [4.69, 9.17) is 16.3 Å². The molecule has 0 spiro atoms. The van der Waals surface area contributed by atoms with Gasteiger partial charge < -0.3 is 10.1 Å². The van der Waals surface area contributed by atoms with Crippen LogP contribution in [-0.4, -0.2) is 6.54 Å². The summed E-state index contributed by atoms with van der Waals surface area (Å²) in [5.74, 6) is 0.148. The topological polar surface area (TPSA) is 21.3 Å². The van der Waals surface area contributed by atoms with Crippen LogP contribution in [0.5, 0.6) is 5.75 Å². The predicted molar refractivity (Wildman–Crippen MR) is 82.1 cm³/mol. The first-order valence-electron chi connectivity index (χ1n) is 6.55. The fourth-order valence-electron chi connectivity index (χ4n) is 1.70. The van der Waals surface area contributed by atoms with Gasteiger partial charge in [-0.1, -0.05) is 18.5 Å². The molecular formula is C15H17ClFNOS. The quantitative estimate of drug-likeness (QED) is 0.753. The monoisotopic (exact) mass is 313 g/mol. The van der Waals surface area contributed by atoms with Crippen LogP contribution in [0.3, 0.4) is 0 Å². The fraction of sp³-hybridized carbons (Fsp3) is 0.333. The van der Waals surface area contributed by atoms with Crippen molar-refractivity contribution in [3.63, 3.8) is 0 Å². The third kappa shape index (κ3) is 4.47. The summed E-state index contributed by atoms with van der Waals surface area (Å²) in [6, 6.07) is 8.54. The van der Waals surface area contributed by atoms with Crippen LogP contribution in [0, 0.1) is 5.82 Å². The molecule has 20 heavy (non-hydrogen) atoms. The average Bonchev–Trinajstić information content (AvgIpc) is 2.88. The molecule has 0 fully saturated rings. The molecular weight excluding hydrogens is 297 g/mol. The van der Waals surface area contributed by atoms with E-state index in [1.54, 1.807) is 17.4 Å². The number of hydrogen-bond acceptors (Lipinski definition) is 3. The van der Waals surface area contributed by atoms with Gasteiger partial charge in [-0.05, 0) is 37.2 Å². The molecule has 0 unspecified atom stereocenters. The number of ether oxygens (including phenoxy) is 1. The van der Waals surface area contributed by atoms with Crippen LogP contribution in [-0.2, 0) is 13.2 Å². The molecule has 1 aromatic carbocycles. The number of benzene rings is 1. The molecule has 0 bridgehead atoms. The Balaban J connectivity index is 1.85. The van der Waals surface area contributed by atoms with Gasteiger partial charge in [0.1, 0.15) is 18.2 Å². The van der Waals surface area contributed by atoms with Crippen molar-refractivity contribution in [2.24, 2.45) is 0 Å². The van der Waals surface area contributed by atoms with E-state index in [0.29, 0.717) is 12.4 Å². The summed E-state index contributed by atoms with van der Waals surface area (Å²) in [6.45, 7) is 4.54. The fourth-order valence-corrected chi connectivity index (χ4v) is 2.78. The van der Waals surface area contributed by atoms with Crippen LogP contribution in [0.1, 0.15) is 23.1 Å². The van der Waals surface area contributed by atoms with Crippen LogP contribution in [0.15, 0.2) is 30.3 Å². The zero-order chi connectivity index (χ0) is 14.4. The summed E-state index contributed by atoms with van der Waals surface area (Å²) in [5.41, 5.74) is 0. The number of halogens is 2. The summed E-state index contributed by atoms with van der Waals surface area (Å²) in [6.07, 6.45) is 1.13. The lowest BCUT2D eigenvalue weighted by atomic mass is 10.3. The number of rotatable bonds is 7. The lowest BCUT2D eigenvalue weighted by molar-refractivity contribution is 0.309. The van der Waals surface area contributed by atoms with Crippen LogP contribution >= 0.6 is 22.9 Å². The highest BCUT2D eigenvalue weighted by Crippen LogP contribution is 2.23. The second-order valence-corrected chi connectivity index (χ2v) is 6.07. The van der Waals surface area contributed by atoms with E-state index in [2.05, 4.69) is 24.4 Å². The second kappa shape index (κ2) is 7.62. The molecule has 2 nitrogen and oxygen atoms in total. The van der Waals surface area contributed by atoms with Gasteiger partial charge in [0.2, 0.25) is 0 Å². The smallest absolute Gasteiger partial charge is 0.142 e. The lowest BCUT2D eigenvalue weighted by Gasteiger charge is -2.05. The molecule has 1 aromatic heterocycles. The van der Waals surface area contributed by atoms with Gasteiger partial charge in [0, 0.05) is 22.4 Å². The van der Waals surface area contributed by atoms with Crippen molar-refractivity contribution < 1.29 is 9.13 Å². The number of thiophene rings is 1. The highest BCUT2D eigenvalue weighted by molar-refractivity contribution is 7.11. The van der Waals surface area contributed by atoms with E-state index in [9.17, 15) is 4.39 Å². The maximum Gasteiger partial charge on any atom is 0.142 e. The first-order chi connectivity index (χ1) is 9.69. The summed E-state index contributed by atoms with van der Waals surface area (Å²) < 4.78 is 18.6. The highest BCUT2D eigenvalue weighted by atomic mass is 35.5. The molecule has 0 aliphatic heterocycles. The largest absolute Gasteiger partial charge is 0.488 e. The molecule has 0 saturated heterocycles. The number of nitrogens with one attached hydrogen (secondary N) is 1. The first kappa shape index (κ1) is 15.3. The predicted octanol–water partition coefficient (Wildman–Crippen LogP) is 4.62. The van der Waals surface area contributed by atoms with Gasteiger partial charge in [0.15, 0.2) is 0 Å². The summed E-state index contributed by atoms with van der Waals surface area (Å²) in [5, 5.41) is 3.44. The Morgan fingerprint density at radius 3 is 2.80 bits per heavy atom. The van der Waals surface area contributed by atoms with E-state index in [1.165, 1.54) is 17.0 Å². The molecule has 5 heteroatoms. The minimum atomic E-state index is -0.431. The van der Waals surface area contributed by atoms with Gasteiger partial charge in [0.05, 0.1) is 5.02 Å². The maximum atomic E-state index is 13.0. The molecule has 0 aliphatic rings. The van der Waals surface area contributed by atoms with Gasteiger partial charge in [-0.3, -0.25) is 0 Å². The van der Waals surface area contributed by atoms with Crippen LogP contribution < -0.4 is 10.1 Å². The van der Waals surface area contributed by atoms with Crippen molar-refractivity contribution in [3.8, 4) is 5.75 Å². The van der Waals surface area contributed by atoms with E-state index < -0.39 is 5.82 Å². The normalized spacial score (nSPS) is 10.8. The van der Waals surface area contributed by atoms with E-state index in [-0.39, 0.29) is 5.02 Å². The summed E-state index contributed by atoms with van der Waals surface area (Å²) in [4.78, 5) is 2.42. The minimum absolute atomic E-state index is 0.0816. The van der Waals surface area contributed by atoms with E-state index in [0.717, 1.165) is 24.4 Å². The van der Waals surface area contributed by atoms with Gasteiger partial charge >= 0.3 is 0 Å². The van der Waals surface area contributed by atoms with Gasteiger partial charge in [0.25, 0.3) is 0 Å². The van der Waals surface area contributed by atoms with Crippen molar-refractivity contribution in [1.82, 2.24) is 5.32 Å². The van der Waals surface area contributed by atoms with E-state index >= 15 is 0 Å². The van der Waals surface area contributed by atoms with Gasteiger partial charge in [-0.15, -0.1) is 11.3 Å². The zero-order valence-corrected chi connectivity index (χ0v) is 12.9. The van der Waals surface area contributed by atoms with Crippen LogP contribution in [0.4, 0.5) is 4.39 Å². The Hall–Kier alpha value is -1.10. The number of hydrogen-bond donors (Lipinski definition) is 1. The average molecular weight is 314 g/mol. The lowest BCUT2D eigenvalue weighted by Crippen LogP contribution is -2.12. The van der Waals surface area contributed by atoms with Crippen molar-refractivity contribution in [2.75, 3.05) is 6.54 Å². The minimum Gasteiger partial charge on any atom is -0.488 e. The van der Waals surface area contributed by atoms with Crippen molar-refractivity contribution in [2.45, 2.75) is 26.5 Å². The molecule has 0 amide bonds. The van der Waals surface area contributed by atoms with Crippen LogP contribution in [0.25, 0.3) is 0 Å². The maximum absolute atomic E-state index is 13.0. The van der Waals surface area contributed by atoms with Gasteiger partial charge in [-0.2, -0.15) is 0 Å². The molecule has 0 aliphatic carbocycles. The van der Waals surface area contributed by atoms with Gasteiger partial charge in [-0.25, -0.2) is 4.39 Å². The van der Waals surface area contributed by atoms with Crippen molar-refractivity contribution >= 4 is 22.9 Å². The Kier molecular flexibility index (Phi) is 5.83. The van der Waals surface area contributed by atoms with Crippen molar-refractivity contribution in [1.29, 1.82) is 0 Å². The molecule has 0 radical (unpaired) electrons. The molecule has 1 heterocycles. The standard InChI is InChI=1S/C15H17ClFNOS/c1-2-7-18-9-12-4-5-13(20-12)10-19-11-3-6-15(17)14(16)8-11/h3-6,8,18H,2,7,9-10H2,1H3. The third-order valence-corrected chi connectivity index (χ3v) is 4.06. The van der Waals surface area contributed by atoms with E-state index in [1.807, 2.05) is 0 Å². The first-order valence-corrected chi connectivity index (χ1v) is 7.74. The Labute approximate surface area is 127 Å². The zero-order valence-electron chi connectivity index (χ0n) is 11.3. The molecule has 2 aromatic rings. The summed E-state index contributed by atoms with van der Waals surface area (Å²) >= 11 is 7.43. The van der Waals surface area contributed by atoms with Crippen molar-refractivity contribution in [3.05, 3.63) is 50.9 Å². The SMILES string of the molecule is CCCNCc1ccc(COc2ccc(F)c(Cl)c2)s1. The molecule has 0 saturated carbocycles. The molecule has 2 rings (SSSR count). The van der Waals surface area contributed by atoms with Crippen LogP contribution in [0.2, 0.25) is 5.02 Å². The summed E-state index contributed by atoms with van der Waals surface area (Å²) in [7, 11) is 0. The molecule has 108 valence electrons. The Morgan fingerprint density at radius 2 is 2.05 bits per heavy atom.